The molecule has 0 radical (unpaired) electrons. The van der Waals surface area contributed by atoms with Crippen molar-refractivity contribution in [2.24, 2.45) is 0 Å². The number of carbonyl (C=O) groups is 2. The molecule has 2 amide bonds. The van der Waals surface area contributed by atoms with Gasteiger partial charge in [-0.15, -0.1) is 11.3 Å². The number of aryl methyl sites for hydroxylation is 2. The van der Waals surface area contributed by atoms with Crippen LogP contribution in [-0.4, -0.2) is 27.5 Å². The zero-order valence-electron chi connectivity index (χ0n) is 15.2. The topological polar surface area (TPSA) is 104 Å². The zero-order chi connectivity index (χ0) is 20.4. The maximum Gasteiger partial charge on any atom is 0.269 e. The van der Waals surface area contributed by atoms with Crippen molar-refractivity contribution < 1.29 is 9.59 Å². The molecular weight excluding hydrogens is 432 g/mol. The molecule has 0 aliphatic heterocycles. The summed E-state index contributed by atoms with van der Waals surface area (Å²) >= 11 is 8.46. The Bertz CT molecular complexity index is 1140. The normalized spacial score (nSPS) is 13.1. The van der Waals surface area contributed by atoms with Gasteiger partial charge in [0.25, 0.3) is 11.5 Å². The predicted octanol–water partition coefficient (Wildman–Crippen LogP) is 3.07. The summed E-state index contributed by atoms with van der Waals surface area (Å²) in [5.74, 6) is -0.858. The molecule has 4 rings (SSSR count). The summed E-state index contributed by atoms with van der Waals surface area (Å²) in [6.45, 7) is 0. The van der Waals surface area contributed by atoms with Gasteiger partial charge in [0.05, 0.1) is 11.1 Å². The lowest BCUT2D eigenvalue weighted by Gasteiger charge is -2.09. The zero-order valence-corrected chi connectivity index (χ0v) is 17.6. The van der Waals surface area contributed by atoms with Crippen LogP contribution < -0.4 is 16.4 Å². The van der Waals surface area contributed by atoms with Crippen LogP contribution in [0.5, 0.6) is 0 Å². The summed E-state index contributed by atoms with van der Waals surface area (Å²) in [5, 5.41) is 1.60. The van der Waals surface area contributed by atoms with Crippen molar-refractivity contribution in [2.45, 2.75) is 30.8 Å². The first kappa shape index (κ1) is 19.9. The molecular formula is C19H17ClN4O3S2. The van der Waals surface area contributed by atoms with Crippen LogP contribution >= 0.6 is 34.7 Å². The summed E-state index contributed by atoms with van der Waals surface area (Å²) < 4.78 is 0. The fourth-order valence-corrected chi connectivity index (χ4v) is 5.29. The van der Waals surface area contributed by atoms with E-state index >= 15 is 0 Å². The number of hydrazine groups is 1. The third-order valence-corrected chi connectivity index (χ3v) is 6.88. The highest BCUT2D eigenvalue weighted by molar-refractivity contribution is 7.99. The average Bonchev–Trinajstić information content (AvgIpc) is 3.10. The highest BCUT2D eigenvalue weighted by Gasteiger charge is 2.20. The fourth-order valence-electron chi connectivity index (χ4n) is 3.18. The van der Waals surface area contributed by atoms with Crippen LogP contribution in [0, 0.1) is 0 Å². The van der Waals surface area contributed by atoms with Gasteiger partial charge in [-0.2, -0.15) is 0 Å². The minimum absolute atomic E-state index is 0.000431. The summed E-state index contributed by atoms with van der Waals surface area (Å²) in [4.78, 5) is 45.8. The molecule has 29 heavy (non-hydrogen) atoms. The minimum atomic E-state index is -0.447. The van der Waals surface area contributed by atoms with E-state index in [1.807, 2.05) is 0 Å². The monoisotopic (exact) mass is 448 g/mol. The number of halogens is 1. The Hall–Kier alpha value is -2.36. The van der Waals surface area contributed by atoms with Gasteiger partial charge in [0, 0.05) is 15.5 Å². The van der Waals surface area contributed by atoms with Crippen LogP contribution in [0.1, 0.15) is 33.6 Å². The van der Waals surface area contributed by atoms with Crippen molar-refractivity contribution in [1.29, 1.82) is 0 Å². The second-order valence-corrected chi connectivity index (χ2v) is 9.04. The molecule has 0 bridgehead atoms. The highest BCUT2D eigenvalue weighted by Crippen LogP contribution is 2.34. The second kappa shape index (κ2) is 8.56. The van der Waals surface area contributed by atoms with Gasteiger partial charge in [-0.25, -0.2) is 4.98 Å². The van der Waals surface area contributed by atoms with E-state index in [1.165, 1.54) is 4.88 Å². The molecule has 3 aromatic rings. The maximum atomic E-state index is 12.5. The van der Waals surface area contributed by atoms with Crippen LogP contribution in [0.15, 0.2) is 34.2 Å². The SMILES string of the molecule is O=C(CSc1nc2sc3c(c2c(=O)[nH]1)CCCC3)NNC(=O)c1ccc(Cl)cc1. The lowest BCUT2D eigenvalue weighted by molar-refractivity contribution is -0.119. The molecule has 7 nitrogen and oxygen atoms in total. The Morgan fingerprint density at radius 1 is 1.17 bits per heavy atom. The van der Waals surface area contributed by atoms with Gasteiger partial charge in [0.1, 0.15) is 4.83 Å². The molecule has 1 aromatic carbocycles. The molecule has 0 fully saturated rings. The van der Waals surface area contributed by atoms with Crippen LogP contribution in [0.3, 0.4) is 0 Å². The summed E-state index contributed by atoms with van der Waals surface area (Å²) in [5.41, 5.74) is 6.04. The standard InChI is InChI=1S/C19H17ClN4O3S2/c20-11-7-5-10(6-8-11)16(26)24-23-14(25)9-28-19-21-17(27)15-12-3-1-2-4-13(12)29-18(15)22-19/h5-8H,1-4,9H2,(H,23,25)(H,24,26)(H,21,22,27). The van der Waals surface area contributed by atoms with Crippen LogP contribution in [-0.2, 0) is 17.6 Å². The number of amides is 2. The van der Waals surface area contributed by atoms with E-state index in [9.17, 15) is 14.4 Å². The first-order valence-electron chi connectivity index (χ1n) is 9.03. The number of hydrogen-bond acceptors (Lipinski definition) is 6. The van der Waals surface area contributed by atoms with Gasteiger partial charge in [0.2, 0.25) is 5.91 Å². The van der Waals surface area contributed by atoms with Gasteiger partial charge in [-0.3, -0.25) is 25.2 Å². The highest BCUT2D eigenvalue weighted by atomic mass is 35.5. The fraction of sp³-hybridized carbons (Fsp3) is 0.263. The molecule has 1 aliphatic carbocycles. The molecule has 0 atom stereocenters. The number of H-pyrrole nitrogens is 1. The van der Waals surface area contributed by atoms with Gasteiger partial charge in [0.15, 0.2) is 5.16 Å². The largest absolute Gasteiger partial charge is 0.301 e. The van der Waals surface area contributed by atoms with Gasteiger partial charge < -0.3 is 4.98 Å². The number of thioether (sulfide) groups is 1. The third-order valence-electron chi connectivity index (χ3n) is 4.57. The lowest BCUT2D eigenvalue weighted by atomic mass is 9.97. The third kappa shape index (κ3) is 4.47. The molecule has 150 valence electrons. The van der Waals surface area contributed by atoms with E-state index < -0.39 is 11.8 Å². The van der Waals surface area contributed by atoms with Crippen LogP contribution in [0.4, 0.5) is 0 Å². The number of benzene rings is 1. The van der Waals surface area contributed by atoms with E-state index in [1.54, 1.807) is 35.6 Å². The summed E-state index contributed by atoms with van der Waals surface area (Å²) in [6.07, 6.45) is 4.15. The van der Waals surface area contributed by atoms with Gasteiger partial charge in [-0.05, 0) is 55.5 Å². The maximum absolute atomic E-state index is 12.5. The molecule has 2 heterocycles. The Kier molecular flexibility index (Phi) is 5.89. The van der Waals surface area contributed by atoms with Gasteiger partial charge in [-0.1, -0.05) is 23.4 Å². The van der Waals surface area contributed by atoms with E-state index in [-0.39, 0.29) is 11.3 Å². The molecule has 1 aliphatic rings. The van der Waals surface area contributed by atoms with Gasteiger partial charge >= 0.3 is 0 Å². The number of nitrogens with one attached hydrogen (secondary N) is 3. The molecule has 3 N–H and O–H groups in total. The molecule has 2 aromatic heterocycles. The number of carbonyl (C=O) groups excluding carboxylic acids is 2. The molecule has 10 heteroatoms. The minimum Gasteiger partial charge on any atom is -0.301 e. The number of nitrogens with zero attached hydrogens (tertiary/aromatic N) is 1. The van der Waals surface area contributed by atoms with Crippen molar-refractivity contribution in [3.05, 3.63) is 55.6 Å². The van der Waals surface area contributed by atoms with Crippen LogP contribution in [0.25, 0.3) is 10.2 Å². The quantitative estimate of drug-likeness (QED) is 0.323. The van der Waals surface area contributed by atoms with Crippen LogP contribution in [0.2, 0.25) is 5.02 Å². The Balaban J connectivity index is 1.36. The summed E-state index contributed by atoms with van der Waals surface area (Å²) in [7, 11) is 0. The lowest BCUT2D eigenvalue weighted by Crippen LogP contribution is -2.42. The number of hydrogen-bond donors (Lipinski definition) is 3. The van der Waals surface area contributed by atoms with Crippen molar-refractivity contribution in [3.8, 4) is 0 Å². The average molecular weight is 449 g/mol. The first-order valence-corrected chi connectivity index (χ1v) is 11.2. The Morgan fingerprint density at radius 3 is 2.72 bits per heavy atom. The van der Waals surface area contributed by atoms with E-state index in [2.05, 4.69) is 20.8 Å². The number of aromatic amines is 1. The Labute approximate surface area is 179 Å². The first-order chi connectivity index (χ1) is 14.0. The number of thiophene rings is 1. The number of fused-ring (bicyclic) bond motifs is 3. The molecule has 0 saturated heterocycles. The van der Waals surface area contributed by atoms with Crippen molar-refractivity contribution in [3.63, 3.8) is 0 Å². The van der Waals surface area contributed by atoms with E-state index in [4.69, 9.17) is 11.6 Å². The van der Waals surface area contributed by atoms with Crippen molar-refractivity contribution in [1.82, 2.24) is 20.8 Å². The smallest absolute Gasteiger partial charge is 0.269 e. The van der Waals surface area contributed by atoms with E-state index in [0.717, 1.165) is 47.8 Å². The number of aromatic nitrogens is 2. The van der Waals surface area contributed by atoms with Crippen molar-refractivity contribution >= 4 is 56.7 Å². The predicted molar refractivity (Wildman–Crippen MR) is 115 cm³/mol. The van der Waals surface area contributed by atoms with E-state index in [0.29, 0.717) is 21.1 Å². The van der Waals surface area contributed by atoms with Crippen molar-refractivity contribution in [2.75, 3.05) is 5.75 Å². The molecule has 0 saturated carbocycles. The second-order valence-electron chi connectivity index (χ2n) is 6.56. The molecule has 0 spiro atoms. The number of rotatable bonds is 4. The molecule has 0 unspecified atom stereocenters. The summed E-state index contributed by atoms with van der Waals surface area (Å²) in [6, 6.07) is 6.30. The Morgan fingerprint density at radius 2 is 1.93 bits per heavy atom.